The Hall–Kier alpha value is -2.89. The Kier molecular flexibility index (Phi) is 5.68. The predicted molar refractivity (Wildman–Crippen MR) is 87.8 cm³/mol. The molecule has 0 N–H and O–H groups in total. The Labute approximate surface area is 134 Å². The fraction of sp³-hybridized carbons (Fsp3) is 0.235. The van der Waals surface area contributed by atoms with Gasteiger partial charge >= 0.3 is 0 Å². The van der Waals surface area contributed by atoms with Crippen LogP contribution in [-0.4, -0.2) is 17.7 Å². The molecule has 0 fully saturated rings. The van der Waals surface area contributed by atoms with E-state index in [1.807, 2.05) is 31.2 Å². The lowest BCUT2D eigenvalue weighted by atomic mass is 10.1. The molecule has 0 bridgehead atoms. The van der Waals surface area contributed by atoms with Crippen LogP contribution < -0.4 is 4.74 Å². The van der Waals surface area contributed by atoms with Crippen LogP contribution in [0.25, 0.3) is 0 Å². The zero-order valence-corrected chi connectivity index (χ0v) is 13.0. The second-order valence-electron chi connectivity index (χ2n) is 4.84. The lowest BCUT2D eigenvalue weighted by Gasteiger charge is -2.09. The molecule has 6 nitrogen and oxygen atoms in total. The second-order valence-corrected chi connectivity index (χ2v) is 4.84. The Morgan fingerprint density at radius 3 is 2.65 bits per heavy atom. The molecule has 0 radical (unpaired) electrons. The van der Waals surface area contributed by atoms with Crippen molar-refractivity contribution in [2.45, 2.75) is 20.0 Å². The Morgan fingerprint density at radius 1 is 1.26 bits per heavy atom. The van der Waals surface area contributed by atoms with E-state index in [1.54, 1.807) is 25.3 Å². The minimum Gasteiger partial charge on any atom is -0.494 e. The topological polar surface area (TPSA) is 74.0 Å². The smallest absolute Gasteiger partial charge is 0.269 e. The zero-order chi connectivity index (χ0) is 16.7. The van der Waals surface area contributed by atoms with Crippen LogP contribution in [0, 0.1) is 10.1 Å². The van der Waals surface area contributed by atoms with Crippen molar-refractivity contribution in [3.05, 3.63) is 69.8 Å². The van der Waals surface area contributed by atoms with E-state index in [1.165, 1.54) is 12.1 Å². The number of hydrogen-bond acceptors (Lipinski definition) is 5. The molecule has 0 aromatic heterocycles. The van der Waals surface area contributed by atoms with Crippen LogP contribution in [0.4, 0.5) is 5.69 Å². The Bertz CT molecular complexity index is 683. The highest BCUT2D eigenvalue weighted by Crippen LogP contribution is 2.21. The number of non-ortho nitro benzene ring substituents is 1. The molecule has 6 heteroatoms. The van der Waals surface area contributed by atoms with Gasteiger partial charge in [-0.2, -0.15) is 0 Å². The summed E-state index contributed by atoms with van der Waals surface area (Å²) >= 11 is 0. The van der Waals surface area contributed by atoms with Gasteiger partial charge in [-0.05, 0) is 43.7 Å². The van der Waals surface area contributed by atoms with Crippen LogP contribution in [0.5, 0.6) is 5.75 Å². The zero-order valence-electron chi connectivity index (χ0n) is 13.0. The number of benzene rings is 2. The highest BCUT2D eigenvalue weighted by molar-refractivity contribution is 5.79. The average molecular weight is 314 g/mol. The molecule has 0 aliphatic carbocycles. The van der Waals surface area contributed by atoms with Crippen molar-refractivity contribution in [3.8, 4) is 5.75 Å². The van der Waals surface area contributed by atoms with Gasteiger partial charge in [0.25, 0.3) is 5.69 Å². The third-order valence-corrected chi connectivity index (χ3v) is 3.16. The summed E-state index contributed by atoms with van der Waals surface area (Å²) in [6.07, 6.45) is 1.21. The normalized spacial score (nSPS) is 12.1. The molecule has 2 aromatic carbocycles. The summed E-state index contributed by atoms with van der Waals surface area (Å²) in [5, 5.41) is 14.7. The van der Waals surface area contributed by atoms with Crippen LogP contribution in [0.15, 0.2) is 53.7 Å². The summed E-state index contributed by atoms with van der Waals surface area (Å²) in [5.41, 5.74) is 1.61. The molecule has 1 atom stereocenters. The third-order valence-electron chi connectivity index (χ3n) is 3.16. The first-order valence-corrected chi connectivity index (χ1v) is 7.26. The molecule has 23 heavy (non-hydrogen) atoms. The lowest BCUT2D eigenvalue weighted by molar-refractivity contribution is -0.385. The van der Waals surface area contributed by atoms with Crippen molar-refractivity contribution in [2.75, 3.05) is 6.61 Å². The number of oxime groups is 1. The van der Waals surface area contributed by atoms with Gasteiger partial charge in [0.2, 0.25) is 0 Å². The van der Waals surface area contributed by atoms with Gasteiger partial charge in [-0.3, -0.25) is 10.1 Å². The van der Waals surface area contributed by atoms with Gasteiger partial charge in [0, 0.05) is 17.7 Å². The summed E-state index contributed by atoms with van der Waals surface area (Å²) in [7, 11) is 0. The molecule has 0 aliphatic rings. The van der Waals surface area contributed by atoms with Crippen LogP contribution in [-0.2, 0) is 4.84 Å². The summed E-state index contributed by atoms with van der Waals surface area (Å²) in [5.74, 6) is 0.801. The number of hydrogen-bond donors (Lipinski definition) is 0. The van der Waals surface area contributed by atoms with Crippen molar-refractivity contribution in [1.29, 1.82) is 0 Å². The van der Waals surface area contributed by atoms with E-state index in [-0.39, 0.29) is 11.8 Å². The number of nitrogens with zero attached hydrogens (tertiary/aromatic N) is 2. The quantitative estimate of drug-likeness (QED) is 0.438. The monoisotopic (exact) mass is 314 g/mol. The van der Waals surface area contributed by atoms with Crippen molar-refractivity contribution in [1.82, 2.24) is 0 Å². The first-order valence-electron chi connectivity index (χ1n) is 7.26. The largest absolute Gasteiger partial charge is 0.494 e. The lowest BCUT2D eigenvalue weighted by Crippen LogP contribution is -1.97. The van der Waals surface area contributed by atoms with Crippen molar-refractivity contribution < 1.29 is 14.5 Å². The molecule has 0 spiro atoms. The number of nitro benzene ring substituents is 1. The molecule has 2 rings (SSSR count). The first kappa shape index (κ1) is 16.5. The Morgan fingerprint density at radius 2 is 2.00 bits per heavy atom. The summed E-state index contributed by atoms with van der Waals surface area (Å²) in [4.78, 5) is 15.7. The Balaban J connectivity index is 1.96. The van der Waals surface area contributed by atoms with Gasteiger partial charge < -0.3 is 9.57 Å². The van der Waals surface area contributed by atoms with Gasteiger partial charge in [-0.25, -0.2) is 0 Å². The van der Waals surface area contributed by atoms with Crippen LogP contribution in [0.1, 0.15) is 31.1 Å². The van der Waals surface area contributed by atoms with E-state index in [0.29, 0.717) is 12.2 Å². The standard InChI is InChI=1S/C17H18N2O4/c1-3-22-17-9-7-14(8-10-17)12-18-23-13(2)15-5-4-6-16(11-15)19(20)21/h4-13H,3H2,1-2H3/b18-12-/t13-/m1/s1. The van der Waals surface area contributed by atoms with Crippen LogP contribution in [0.3, 0.4) is 0 Å². The molecule has 0 unspecified atom stereocenters. The molecule has 120 valence electrons. The highest BCUT2D eigenvalue weighted by Gasteiger charge is 2.11. The average Bonchev–Trinajstić information content (AvgIpc) is 2.56. The number of ether oxygens (including phenoxy) is 1. The molecule has 0 amide bonds. The molecule has 0 saturated heterocycles. The minimum absolute atomic E-state index is 0.0356. The first-order chi connectivity index (χ1) is 11.1. The third kappa shape index (κ3) is 4.81. The van der Waals surface area contributed by atoms with Crippen LogP contribution >= 0.6 is 0 Å². The fourth-order valence-corrected chi connectivity index (χ4v) is 1.95. The van der Waals surface area contributed by atoms with E-state index in [0.717, 1.165) is 11.3 Å². The SMILES string of the molecule is CCOc1ccc(/C=N\O[C@H](C)c2cccc([N+](=O)[O-])c2)cc1. The van der Waals surface area contributed by atoms with E-state index in [9.17, 15) is 10.1 Å². The fourth-order valence-electron chi connectivity index (χ4n) is 1.95. The van der Waals surface area contributed by atoms with Gasteiger partial charge in [0.15, 0.2) is 0 Å². The van der Waals surface area contributed by atoms with Crippen molar-refractivity contribution >= 4 is 11.9 Å². The molecule has 0 saturated carbocycles. The van der Waals surface area contributed by atoms with E-state index >= 15 is 0 Å². The summed E-state index contributed by atoms with van der Waals surface area (Å²) in [6, 6.07) is 13.8. The number of nitro groups is 1. The van der Waals surface area contributed by atoms with Gasteiger partial charge in [0.1, 0.15) is 11.9 Å². The molecular formula is C17H18N2O4. The number of rotatable bonds is 7. The summed E-state index contributed by atoms with van der Waals surface area (Å²) in [6.45, 7) is 4.34. The maximum absolute atomic E-state index is 10.8. The molecule has 0 heterocycles. The predicted octanol–water partition coefficient (Wildman–Crippen LogP) is 4.11. The molecule has 0 aliphatic heterocycles. The highest BCUT2D eigenvalue weighted by atomic mass is 16.6. The maximum Gasteiger partial charge on any atom is 0.269 e. The van der Waals surface area contributed by atoms with Gasteiger partial charge in [-0.1, -0.05) is 17.3 Å². The molecule has 2 aromatic rings. The van der Waals surface area contributed by atoms with Crippen molar-refractivity contribution in [2.24, 2.45) is 5.16 Å². The molecular weight excluding hydrogens is 296 g/mol. The second kappa shape index (κ2) is 7.93. The van der Waals surface area contributed by atoms with E-state index in [4.69, 9.17) is 9.57 Å². The van der Waals surface area contributed by atoms with Gasteiger partial charge in [-0.15, -0.1) is 0 Å². The van der Waals surface area contributed by atoms with E-state index in [2.05, 4.69) is 5.16 Å². The minimum atomic E-state index is -0.431. The van der Waals surface area contributed by atoms with Crippen molar-refractivity contribution in [3.63, 3.8) is 0 Å². The maximum atomic E-state index is 10.8. The van der Waals surface area contributed by atoms with Crippen LogP contribution in [0.2, 0.25) is 0 Å². The van der Waals surface area contributed by atoms with E-state index < -0.39 is 4.92 Å². The summed E-state index contributed by atoms with van der Waals surface area (Å²) < 4.78 is 5.36. The van der Waals surface area contributed by atoms with Gasteiger partial charge in [0.05, 0.1) is 17.7 Å².